The molecule has 4 nitrogen and oxygen atoms in total. The van der Waals surface area contributed by atoms with Crippen LogP contribution in [0, 0.1) is 0 Å². The molecule has 0 unspecified atom stereocenters. The van der Waals surface area contributed by atoms with E-state index in [0.29, 0.717) is 5.75 Å². The Balaban J connectivity index is 2.82. The van der Waals surface area contributed by atoms with Gasteiger partial charge in [0.25, 0.3) is 5.56 Å². The van der Waals surface area contributed by atoms with Crippen LogP contribution in [-0.2, 0) is 0 Å². The number of pyridine rings is 1. The summed E-state index contributed by atoms with van der Waals surface area (Å²) in [5.41, 5.74) is 0.508. The molecule has 0 aliphatic rings. The zero-order chi connectivity index (χ0) is 8.55. The fourth-order valence-corrected chi connectivity index (χ4v) is 1.14. The lowest BCUT2D eigenvalue weighted by Crippen LogP contribution is -2.08. The molecule has 0 saturated carbocycles. The Morgan fingerprint density at radius 1 is 1.50 bits per heavy atom. The zero-order valence-corrected chi connectivity index (χ0v) is 6.55. The molecule has 0 amide bonds. The zero-order valence-electron chi connectivity index (χ0n) is 6.55. The van der Waals surface area contributed by atoms with Gasteiger partial charge in [0, 0.05) is 11.6 Å². The first kappa shape index (κ1) is 6.97. The van der Waals surface area contributed by atoms with Crippen LogP contribution in [0.4, 0.5) is 0 Å². The minimum Gasteiger partial charge on any atom is -0.491 e. The van der Waals surface area contributed by atoms with E-state index in [2.05, 4.69) is 9.97 Å². The van der Waals surface area contributed by atoms with E-state index in [1.807, 2.05) is 6.07 Å². The van der Waals surface area contributed by atoms with Crippen molar-refractivity contribution in [2.24, 2.45) is 0 Å². The third-order valence-electron chi connectivity index (χ3n) is 1.75. The topological polar surface area (TPSA) is 57.9 Å². The van der Waals surface area contributed by atoms with E-state index in [4.69, 9.17) is 4.74 Å². The molecule has 0 aromatic carbocycles. The van der Waals surface area contributed by atoms with Crippen molar-refractivity contribution >= 4 is 11.0 Å². The molecule has 2 heterocycles. The fraction of sp³-hybridized carbons (Fsp3) is 0.125. The van der Waals surface area contributed by atoms with Crippen molar-refractivity contribution in [1.82, 2.24) is 9.97 Å². The highest BCUT2D eigenvalue weighted by atomic mass is 16.5. The van der Waals surface area contributed by atoms with Gasteiger partial charge in [-0.25, -0.2) is 0 Å². The van der Waals surface area contributed by atoms with Crippen LogP contribution in [-0.4, -0.2) is 17.1 Å². The average Bonchev–Trinajstić information content (AvgIpc) is 2.49. The number of methoxy groups -OCH3 is 1. The van der Waals surface area contributed by atoms with Crippen LogP contribution in [0.2, 0.25) is 0 Å². The van der Waals surface area contributed by atoms with E-state index in [9.17, 15) is 4.79 Å². The first-order valence-electron chi connectivity index (χ1n) is 3.55. The van der Waals surface area contributed by atoms with Gasteiger partial charge in [-0.2, -0.15) is 0 Å². The summed E-state index contributed by atoms with van der Waals surface area (Å²) in [6.45, 7) is 0. The van der Waals surface area contributed by atoms with Crippen LogP contribution in [0.5, 0.6) is 5.75 Å². The van der Waals surface area contributed by atoms with Gasteiger partial charge in [0.05, 0.1) is 7.11 Å². The Morgan fingerprint density at radius 3 is 3.08 bits per heavy atom. The van der Waals surface area contributed by atoms with Crippen molar-refractivity contribution in [3.8, 4) is 5.75 Å². The van der Waals surface area contributed by atoms with Crippen molar-refractivity contribution < 1.29 is 4.74 Å². The predicted octanol–water partition coefficient (Wildman–Crippen LogP) is 0.865. The number of rotatable bonds is 1. The van der Waals surface area contributed by atoms with Crippen molar-refractivity contribution in [2.45, 2.75) is 0 Å². The Labute approximate surface area is 68.2 Å². The molecule has 12 heavy (non-hydrogen) atoms. The predicted molar refractivity (Wildman–Crippen MR) is 45.5 cm³/mol. The highest BCUT2D eigenvalue weighted by Crippen LogP contribution is 2.11. The lowest BCUT2D eigenvalue weighted by Gasteiger charge is -1.96. The van der Waals surface area contributed by atoms with Gasteiger partial charge in [-0.1, -0.05) is 0 Å². The van der Waals surface area contributed by atoms with Crippen molar-refractivity contribution in [3.05, 3.63) is 28.7 Å². The van der Waals surface area contributed by atoms with Crippen LogP contribution in [0.15, 0.2) is 23.1 Å². The maximum Gasteiger partial charge on any atom is 0.291 e. The number of fused-ring (bicyclic) bond motifs is 1. The number of ether oxygens (including phenoxy) is 1. The summed E-state index contributed by atoms with van der Waals surface area (Å²) in [4.78, 5) is 16.7. The van der Waals surface area contributed by atoms with E-state index in [1.54, 1.807) is 12.3 Å². The third kappa shape index (κ3) is 0.887. The molecule has 0 aliphatic carbocycles. The van der Waals surface area contributed by atoms with Gasteiger partial charge >= 0.3 is 0 Å². The van der Waals surface area contributed by atoms with Crippen LogP contribution in [0.3, 0.4) is 0 Å². The first-order valence-corrected chi connectivity index (χ1v) is 3.55. The second-order valence-electron chi connectivity index (χ2n) is 2.47. The minimum atomic E-state index is -0.215. The molecule has 4 heteroatoms. The van der Waals surface area contributed by atoms with E-state index in [0.717, 1.165) is 11.0 Å². The van der Waals surface area contributed by atoms with Gasteiger partial charge < -0.3 is 14.7 Å². The molecule has 2 aromatic heterocycles. The molecule has 62 valence electrons. The highest BCUT2D eigenvalue weighted by molar-refractivity contribution is 5.76. The number of H-pyrrole nitrogens is 2. The molecular weight excluding hydrogens is 156 g/mol. The van der Waals surface area contributed by atoms with E-state index in [1.165, 1.54) is 7.11 Å². The molecule has 2 rings (SSSR count). The first-order chi connectivity index (χ1) is 5.81. The quantitative estimate of drug-likeness (QED) is 0.656. The van der Waals surface area contributed by atoms with Crippen LogP contribution >= 0.6 is 0 Å². The molecule has 2 aromatic rings. The Kier molecular flexibility index (Phi) is 1.40. The van der Waals surface area contributed by atoms with Crippen LogP contribution < -0.4 is 10.3 Å². The summed E-state index contributed by atoms with van der Waals surface area (Å²) in [6.07, 6.45) is 1.76. The van der Waals surface area contributed by atoms with Gasteiger partial charge in [0.15, 0.2) is 5.75 Å². The summed E-state index contributed by atoms with van der Waals surface area (Å²) < 4.78 is 4.86. The molecule has 0 radical (unpaired) electrons. The summed E-state index contributed by atoms with van der Waals surface area (Å²) in [5, 5.41) is 0.937. The monoisotopic (exact) mass is 164 g/mol. The minimum absolute atomic E-state index is 0.215. The maximum atomic E-state index is 11.2. The fourth-order valence-electron chi connectivity index (χ4n) is 1.14. The number of hydrogen-bond acceptors (Lipinski definition) is 2. The summed E-state index contributed by atoms with van der Waals surface area (Å²) in [7, 11) is 1.48. The van der Waals surface area contributed by atoms with E-state index < -0.39 is 0 Å². The molecule has 0 aliphatic heterocycles. The van der Waals surface area contributed by atoms with Crippen LogP contribution in [0.25, 0.3) is 11.0 Å². The summed E-state index contributed by atoms with van der Waals surface area (Å²) in [6, 6.07) is 3.57. The second-order valence-corrected chi connectivity index (χ2v) is 2.47. The number of nitrogens with one attached hydrogen (secondary N) is 2. The largest absolute Gasteiger partial charge is 0.491 e. The molecule has 0 bridgehead atoms. The molecule has 2 N–H and O–H groups in total. The highest BCUT2D eigenvalue weighted by Gasteiger charge is 2.01. The Bertz CT molecular complexity index is 455. The lowest BCUT2D eigenvalue weighted by atomic mass is 10.3. The van der Waals surface area contributed by atoms with Crippen molar-refractivity contribution in [3.63, 3.8) is 0 Å². The van der Waals surface area contributed by atoms with E-state index in [-0.39, 0.29) is 5.56 Å². The molecule has 0 atom stereocenters. The van der Waals surface area contributed by atoms with Gasteiger partial charge in [-0.3, -0.25) is 4.79 Å². The number of aromatic amines is 2. The third-order valence-corrected chi connectivity index (χ3v) is 1.75. The molecular formula is C8H8N2O2. The summed E-state index contributed by atoms with van der Waals surface area (Å²) in [5.74, 6) is 0.335. The Hall–Kier alpha value is -1.71. The van der Waals surface area contributed by atoms with E-state index >= 15 is 0 Å². The Morgan fingerprint density at radius 2 is 2.33 bits per heavy atom. The number of hydrogen-bond donors (Lipinski definition) is 2. The number of aromatic nitrogens is 2. The maximum absolute atomic E-state index is 11.2. The van der Waals surface area contributed by atoms with Crippen molar-refractivity contribution in [1.29, 1.82) is 0 Å². The molecule has 0 fully saturated rings. The SMILES string of the molecule is COc1cc2cc[nH]c2[nH]c1=O. The van der Waals surface area contributed by atoms with Gasteiger partial charge in [0.2, 0.25) is 0 Å². The normalized spacial score (nSPS) is 10.4. The average molecular weight is 164 g/mol. The summed E-state index contributed by atoms with van der Waals surface area (Å²) >= 11 is 0. The lowest BCUT2D eigenvalue weighted by molar-refractivity contribution is 0.409. The van der Waals surface area contributed by atoms with Gasteiger partial charge in [-0.05, 0) is 12.1 Å². The van der Waals surface area contributed by atoms with Crippen molar-refractivity contribution in [2.75, 3.05) is 7.11 Å². The molecule has 0 spiro atoms. The standard InChI is InChI=1S/C8H8N2O2/c1-12-6-4-5-2-3-9-7(5)10-8(6)11/h2-4H,1H3,(H2,9,10,11). The van der Waals surface area contributed by atoms with Crippen LogP contribution in [0.1, 0.15) is 0 Å². The molecule has 0 saturated heterocycles. The smallest absolute Gasteiger partial charge is 0.291 e. The van der Waals surface area contributed by atoms with Gasteiger partial charge in [0.1, 0.15) is 5.65 Å². The second kappa shape index (κ2) is 2.41. The van der Waals surface area contributed by atoms with Gasteiger partial charge in [-0.15, -0.1) is 0 Å².